The van der Waals surface area contributed by atoms with E-state index in [9.17, 15) is 0 Å². The van der Waals surface area contributed by atoms with Crippen LogP contribution in [0.1, 0.15) is 13.3 Å². The molecule has 0 aliphatic carbocycles. The fourth-order valence-electron chi connectivity index (χ4n) is 1.70. The van der Waals surface area contributed by atoms with Crippen LogP contribution in [0, 0.1) is 5.92 Å². The zero-order valence-corrected chi connectivity index (χ0v) is 8.12. The zero-order valence-electron chi connectivity index (χ0n) is 8.12. The summed E-state index contributed by atoms with van der Waals surface area (Å²) < 4.78 is 5.35. The summed E-state index contributed by atoms with van der Waals surface area (Å²) in [6.07, 6.45) is 1.20. The Morgan fingerprint density at radius 1 is 1.67 bits per heavy atom. The number of rotatable bonds is 4. The third kappa shape index (κ3) is 2.44. The number of hydrogen-bond donors (Lipinski definition) is 1. The van der Waals surface area contributed by atoms with E-state index in [1.54, 1.807) is 0 Å². The minimum atomic E-state index is 0.607. The van der Waals surface area contributed by atoms with Crippen molar-refractivity contribution < 1.29 is 4.74 Å². The molecular formula is C9H20N2O. The predicted molar refractivity (Wildman–Crippen MR) is 50.1 cm³/mol. The molecule has 1 aliphatic rings. The average Bonchev–Trinajstić information content (AvgIpc) is 2.55. The fraction of sp³-hybridized carbons (Fsp3) is 1.00. The van der Waals surface area contributed by atoms with E-state index in [0.717, 1.165) is 26.3 Å². The second kappa shape index (κ2) is 4.80. The first kappa shape index (κ1) is 9.96. The van der Waals surface area contributed by atoms with Crippen molar-refractivity contribution in [1.82, 2.24) is 4.90 Å². The summed E-state index contributed by atoms with van der Waals surface area (Å²) in [4.78, 5) is 2.32. The highest BCUT2D eigenvalue weighted by Crippen LogP contribution is 2.19. The Morgan fingerprint density at radius 3 is 2.92 bits per heavy atom. The van der Waals surface area contributed by atoms with Crippen molar-refractivity contribution in [1.29, 1.82) is 0 Å². The van der Waals surface area contributed by atoms with Crippen LogP contribution >= 0.6 is 0 Å². The van der Waals surface area contributed by atoms with Gasteiger partial charge in [-0.25, -0.2) is 0 Å². The van der Waals surface area contributed by atoms with Crippen LogP contribution in [-0.4, -0.2) is 44.3 Å². The highest BCUT2D eigenvalue weighted by molar-refractivity contribution is 4.76. The molecule has 1 fully saturated rings. The van der Waals surface area contributed by atoms with Crippen molar-refractivity contribution in [3.63, 3.8) is 0 Å². The topological polar surface area (TPSA) is 38.5 Å². The first-order valence-corrected chi connectivity index (χ1v) is 4.73. The molecule has 0 aromatic heterocycles. The van der Waals surface area contributed by atoms with Crippen molar-refractivity contribution >= 4 is 0 Å². The Labute approximate surface area is 74.9 Å². The van der Waals surface area contributed by atoms with Gasteiger partial charge in [0.1, 0.15) is 0 Å². The Balaban J connectivity index is 2.29. The van der Waals surface area contributed by atoms with E-state index in [1.807, 2.05) is 0 Å². The quantitative estimate of drug-likeness (QED) is 0.663. The Morgan fingerprint density at radius 2 is 2.42 bits per heavy atom. The molecule has 0 saturated carbocycles. The normalized spacial score (nSPS) is 26.5. The maximum Gasteiger partial charge on any atom is 0.0509 e. The molecule has 1 heterocycles. The third-order valence-corrected chi connectivity index (χ3v) is 2.82. The van der Waals surface area contributed by atoms with Crippen LogP contribution in [0.4, 0.5) is 0 Å². The summed E-state index contributed by atoms with van der Waals surface area (Å²) in [5.74, 6) is 0.710. The van der Waals surface area contributed by atoms with Gasteiger partial charge < -0.3 is 15.4 Å². The molecule has 2 unspecified atom stereocenters. The Kier molecular flexibility index (Phi) is 3.98. The molecule has 1 aliphatic heterocycles. The Bertz CT molecular complexity index is 124. The summed E-state index contributed by atoms with van der Waals surface area (Å²) in [6.45, 7) is 5.85. The predicted octanol–water partition coefficient (Wildman–Crippen LogP) is 0.302. The van der Waals surface area contributed by atoms with E-state index in [-0.39, 0.29) is 0 Å². The number of likely N-dealkylation sites (N-methyl/N-ethyl adjacent to an activating group) is 1. The van der Waals surface area contributed by atoms with Crippen LogP contribution in [0.3, 0.4) is 0 Å². The Hall–Kier alpha value is -0.120. The van der Waals surface area contributed by atoms with Gasteiger partial charge in [0.2, 0.25) is 0 Å². The standard InChI is InChI=1S/C9H20N2O/c1-8(11(2)5-4-10)9-3-6-12-7-9/h8-9H,3-7,10H2,1-2H3. The first-order chi connectivity index (χ1) is 5.75. The maximum atomic E-state index is 5.49. The third-order valence-electron chi connectivity index (χ3n) is 2.82. The number of hydrogen-bond acceptors (Lipinski definition) is 3. The summed E-state index contributed by atoms with van der Waals surface area (Å²) in [5, 5.41) is 0. The van der Waals surface area contributed by atoms with Crippen LogP contribution in [-0.2, 0) is 4.74 Å². The molecule has 0 amide bonds. The van der Waals surface area contributed by atoms with Crippen LogP contribution in [0.25, 0.3) is 0 Å². The molecule has 72 valence electrons. The van der Waals surface area contributed by atoms with Gasteiger partial charge >= 0.3 is 0 Å². The molecule has 3 nitrogen and oxygen atoms in total. The minimum absolute atomic E-state index is 0.607. The van der Waals surface area contributed by atoms with Crippen molar-refractivity contribution in [2.24, 2.45) is 11.7 Å². The SMILES string of the molecule is CC(C1CCOC1)N(C)CCN. The maximum absolute atomic E-state index is 5.49. The molecule has 0 aromatic carbocycles. The van der Waals surface area contributed by atoms with Gasteiger partial charge in [-0.3, -0.25) is 0 Å². The number of nitrogens with two attached hydrogens (primary N) is 1. The van der Waals surface area contributed by atoms with Crippen molar-refractivity contribution in [3.8, 4) is 0 Å². The smallest absolute Gasteiger partial charge is 0.0509 e. The molecule has 2 atom stereocenters. The van der Waals surface area contributed by atoms with Crippen molar-refractivity contribution in [3.05, 3.63) is 0 Å². The van der Waals surface area contributed by atoms with Crippen molar-refractivity contribution in [2.75, 3.05) is 33.4 Å². The van der Waals surface area contributed by atoms with Gasteiger partial charge in [-0.05, 0) is 26.3 Å². The molecule has 1 rings (SSSR count). The molecule has 1 saturated heterocycles. The van der Waals surface area contributed by atoms with Crippen LogP contribution in [0.15, 0.2) is 0 Å². The summed E-state index contributed by atoms with van der Waals surface area (Å²) in [7, 11) is 2.13. The lowest BCUT2D eigenvalue weighted by Crippen LogP contribution is -2.38. The lowest BCUT2D eigenvalue weighted by atomic mass is 10.00. The molecule has 2 N–H and O–H groups in total. The summed E-state index contributed by atoms with van der Waals surface area (Å²) >= 11 is 0. The van der Waals surface area contributed by atoms with Gasteiger partial charge in [-0.2, -0.15) is 0 Å². The van der Waals surface area contributed by atoms with Crippen LogP contribution in [0.5, 0.6) is 0 Å². The molecule has 0 radical (unpaired) electrons. The van der Waals surface area contributed by atoms with E-state index in [1.165, 1.54) is 6.42 Å². The largest absolute Gasteiger partial charge is 0.381 e. The van der Waals surface area contributed by atoms with Gasteiger partial charge in [-0.1, -0.05) is 0 Å². The number of ether oxygens (including phenoxy) is 1. The molecular weight excluding hydrogens is 152 g/mol. The number of nitrogens with zero attached hydrogens (tertiary/aromatic N) is 1. The lowest BCUT2D eigenvalue weighted by Gasteiger charge is -2.28. The second-order valence-electron chi connectivity index (χ2n) is 3.63. The molecule has 3 heteroatoms. The minimum Gasteiger partial charge on any atom is -0.381 e. The summed E-state index contributed by atoms with van der Waals surface area (Å²) in [5.41, 5.74) is 5.49. The zero-order chi connectivity index (χ0) is 8.97. The van der Waals surface area contributed by atoms with Gasteiger partial charge in [0.05, 0.1) is 6.61 Å². The highest BCUT2D eigenvalue weighted by atomic mass is 16.5. The van der Waals surface area contributed by atoms with Gasteiger partial charge in [0, 0.05) is 25.7 Å². The monoisotopic (exact) mass is 172 g/mol. The average molecular weight is 172 g/mol. The molecule has 0 bridgehead atoms. The fourth-order valence-corrected chi connectivity index (χ4v) is 1.70. The van der Waals surface area contributed by atoms with Crippen LogP contribution < -0.4 is 5.73 Å². The van der Waals surface area contributed by atoms with E-state index >= 15 is 0 Å². The second-order valence-corrected chi connectivity index (χ2v) is 3.63. The van der Waals surface area contributed by atoms with E-state index in [4.69, 9.17) is 10.5 Å². The van der Waals surface area contributed by atoms with Gasteiger partial charge in [0.15, 0.2) is 0 Å². The first-order valence-electron chi connectivity index (χ1n) is 4.73. The van der Waals surface area contributed by atoms with E-state index < -0.39 is 0 Å². The van der Waals surface area contributed by atoms with E-state index in [0.29, 0.717) is 12.0 Å². The van der Waals surface area contributed by atoms with E-state index in [2.05, 4.69) is 18.9 Å². The lowest BCUT2D eigenvalue weighted by molar-refractivity contribution is 0.147. The molecule has 0 aromatic rings. The van der Waals surface area contributed by atoms with Gasteiger partial charge in [-0.15, -0.1) is 0 Å². The highest BCUT2D eigenvalue weighted by Gasteiger charge is 2.24. The molecule has 0 spiro atoms. The van der Waals surface area contributed by atoms with Gasteiger partial charge in [0.25, 0.3) is 0 Å². The van der Waals surface area contributed by atoms with Crippen molar-refractivity contribution in [2.45, 2.75) is 19.4 Å². The molecule has 12 heavy (non-hydrogen) atoms. The summed E-state index contributed by atoms with van der Waals surface area (Å²) in [6, 6.07) is 0.607. The van der Waals surface area contributed by atoms with Crippen LogP contribution in [0.2, 0.25) is 0 Å².